The molecule has 2 aromatic rings. The monoisotopic (exact) mass is 253 g/mol. The molecule has 0 heterocycles. The van der Waals surface area contributed by atoms with Gasteiger partial charge in [0, 0.05) is 17.4 Å². The van der Waals surface area contributed by atoms with E-state index in [1.807, 2.05) is 0 Å². The maximum Gasteiger partial charge on any atom is 0.0416 e. The van der Waals surface area contributed by atoms with Crippen LogP contribution in [0.3, 0.4) is 0 Å². The molecular weight excluding hydrogens is 230 g/mol. The molecule has 0 saturated carbocycles. The smallest absolute Gasteiger partial charge is 0.0416 e. The van der Waals surface area contributed by atoms with E-state index in [9.17, 15) is 0 Å². The Hall–Kier alpha value is -1.76. The van der Waals surface area contributed by atoms with Crippen molar-refractivity contribution in [2.24, 2.45) is 0 Å². The van der Waals surface area contributed by atoms with Crippen LogP contribution in [-0.2, 0) is 0 Å². The third-order valence-electron chi connectivity index (χ3n) is 3.60. The Morgan fingerprint density at radius 1 is 0.737 bits per heavy atom. The van der Waals surface area contributed by atoms with Crippen LogP contribution in [0.5, 0.6) is 0 Å². The highest BCUT2D eigenvalue weighted by molar-refractivity contribution is 5.65. The molecule has 0 saturated heterocycles. The first kappa shape index (κ1) is 13.7. The number of nitrogens with zero attached hydrogens (tertiary/aromatic N) is 1. The van der Waals surface area contributed by atoms with Crippen molar-refractivity contribution in [1.82, 2.24) is 0 Å². The average Bonchev–Trinajstić information content (AvgIpc) is 2.36. The summed E-state index contributed by atoms with van der Waals surface area (Å²) >= 11 is 0. The van der Waals surface area contributed by atoms with Crippen LogP contribution in [0.4, 0.5) is 11.4 Å². The highest BCUT2D eigenvalue weighted by atomic mass is 15.2. The van der Waals surface area contributed by atoms with Crippen LogP contribution < -0.4 is 4.90 Å². The molecule has 0 aliphatic rings. The summed E-state index contributed by atoms with van der Waals surface area (Å²) in [7, 11) is 0. The quantitative estimate of drug-likeness (QED) is 0.730. The molecular formula is C18H23N. The molecule has 0 amide bonds. The second kappa shape index (κ2) is 5.48. The molecule has 0 spiro atoms. The van der Waals surface area contributed by atoms with Crippen molar-refractivity contribution < 1.29 is 0 Å². The predicted octanol–water partition coefficient (Wildman–Crippen LogP) is 5.16. The Labute approximate surface area is 116 Å². The van der Waals surface area contributed by atoms with Crippen LogP contribution in [0, 0.1) is 20.8 Å². The minimum atomic E-state index is 0.435. The lowest BCUT2D eigenvalue weighted by atomic mass is 10.1. The van der Waals surface area contributed by atoms with Gasteiger partial charge in [-0.2, -0.15) is 0 Å². The van der Waals surface area contributed by atoms with E-state index in [2.05, 4.69) is 82.0 Å². The van der Waals surface area contributed by atoms with Gasteiger partial charge in [0.05, 0.1) is 0 Å². The van der Waals surface area contributed by atoms with E-state index in [0.717, 1.165) is 0 Å². The maximum absolute atomic E-state index is 2.38. The van der Waals surface area contributed by atoms with E-state index in [1.54, 1.807) is 0 Å². The van der Waals surface area contributed by atoms with Crippen molar-refractivity contribution in [2.75, 3.05) is 4.90 Å². The van der Waals surface area contributed by atoms with Gasteiger partial charge in [-0.3, -0.25) is 0 Å². The van der Waals surface area contributed by atoms with Crippen LogP contribution in [0.1, 0.15) is 30.5 Å². The van der Waals surface area contributed by atoms with Gasteiger partial charge in [-0.25, -0.2) is 0 Å². The molecule has 0 aliphatic carbocycles. The Morgan fingerprint density at radius 3 is 1.84 bits per heavy atom. The fourth-order valence-electron chi connectivity index (χ4n) is 2.33. The van der Waals surface area contributed by atoms with Gasteiger partial charge in [0.15, 0.2) is 0 Å². The van der Waals surface area contributed by atoms with Gasteiger partial charge in [0.2, 0.25) is 0 Å². The summed E-state index contributed by atoms with van der Waals surface area (Å²) < 4.78 is 0. The molecule has 0 aliphatic heterocycles. The Bertz CT molecular complexity index is 552. The van der Waals surface area contributed by atoms with E-state index in [-0.39, 0.29) is 0 Å². The lowest BCUT2D eigenvalue weighted by Gasteiger charge is -2.30. The van der Waals surface area contributed by atoms with Gasteiger partial charge in [-0.15, -0.1) is 0 Å². The molecule has 100 valence electrons. The summed E-state index contributed by atoms with van der Waals surface area (Å²) in [6.45, 7) is 10.9. The Morgan fingerprint density at radius 2 is 1.32 bits per heavy atom. The zero-order valence-corrected chi connectivity index (χ0v) is 12.6. The van der Waals surface area contributed by atoms with Crippen molar-refractivity contribution in [1.29, 1.82) is 0 Å². The number of rotatable bonds is 3. The summed E-state index contributed by atoms with van der Waals surface area (Å²) in [5, 5.41) is 0. The standard InChI is InChI=1S/C18H23N/c1-13(2)19(17-9-6-14(3)7-10-17)18-11-8-15(4)16(5)12-18/h6-13H,1-5H3. The van der Waals surface area contributed by atoms with E-state index in [4.69, 9.17) is 0 Å². The normalized spacial score (nSPS) is 10.8. The molecule has 0 fully saturated rings. The summed E-state index contributed by atoms with van der Waals surface area (Å²) in [6.07, 6.45) is 0. The summed E-state index contributed by atoms with van der Waals surface area (Å²) in [6, 6.07) is 15.9. The van der Waals surface area contributed by atoms with Gasteiger partial charge in [-0.05, 0) is 70.0 Å². The first-order chi connectivity index (χ1) is 8.99. The molecule has 0 N–H and O–H groups in total. The zero-order chi connectivity index (χ0) is 14.0. The molecule has 0 radical (unpaired) electrons. The maximum atomic E-state index is 2.38. The topological polar surface area (TPSA) is 3.24 Å². The van der Waals surface area contributed by atoms with Crippen LogP contribution in [0.15, 0.2) is 42.5 Å². The fourth-order valence-corrected chi connectivity index (χ4v) is 2.33. The molecule has 1 nitrogen and oxygen atoms in total. The highest BCUT2D eigenvalue weighted by Crippen LogP contribution is 2.29. The van der Waals surface area contributed by atoms with Crippen molar-refractivity contribution >= 4 is 11.4 Å². The van der Waals surface area contributed by atoms with Crippen LogP contribution in [-0.4, -0.2) is 6.04 Å². The van der Waals surface area contributed by atoms with E-state index < -0.39 is 0 Å². The fraction of sp³-hybridized carbons (Fsp3) is 0.333. The minimum Gasteiger partial charge on any atom is -0.339 e. The number of benzene rings is 2. The minimum absolute atomic E-state index is 0.435. The summed E-state index contributed by atoms with van der Waals surface area (Å²) in [5.74, 6) is 0. The molecule has 0 bridgehead atoms. The first-order valence-corrected chi connectivity index (χ1v) is 6.92. The molecule has 0 aromatic heterocycles. The van der Waals surface area contributed by atoms with Crippen LogP contribution in [0.2, 0.25) is 0 Å². The van der Waals surface area contributed by atoms with Crippen molar-refractivity contribution in [3.8, 4) is 0 Å². The molecule has 0 unspecified atom stereocenters. The first-order valence-electron chi connectivity index (χ1n) is 6.92. The van der Waals surface area contributed by atoms with Gasteiger partial charge in [-0.1, -0.05) is 23.8 Å². The molecule has 0 atom stereocenters. The second-order valence-corrected chi connectivity index (χ2v) is 5.57. The SMILES string of the molecule is Cc1ccc(N(c2ccc(C)c(C)c2)C(C)C)cc1. The third-order valence-corrected chi connectivity index (χ3v) is 3.60. The largest absolute Gasteiger partial charge is 0.339 e. The van der Waals surface area contributed by atoms with Gasteiger partial charge >= 0.3 is 0 Å². The highest BCUT2D eigenvalue weighted by Gasteiger charge is 2.13. The lowest BCUT2D eigenvalue weighted by molar-refractivity contribution is 0.788. The van der Waals surface area contributed by atoms with Crippen molar-refractivity contribution in [3.05, 3.63) is 59.2 Å². The average molecular weight is 253 g/mol. The number of hydrogen-bond donors (Lipinski definition) is 0. The van der Waals surface area contributed by atoms with Gasteiger partial charge in [0.1, 0.15) is 0 Å². The Kier molecular flexibility index (Phi) is 3.94. The number of hydrogen-bond acceptors (Lipinski definition) is 1. The van der Waals surface area contributed by atoms with Crippen molar-refractivity contribution in [3.63, 3.8) is 0 Å². The molecule has 1 heteroatoms. The summed E-state index contributed by atoms with van der Waals surface area (Å²) in [4.78, 5) is 2.38. The Balaban J connectivity index is 2.45. The third kappa shape index (κ3) is 2.98. The lowest BCUT2D eigenvalue weighted by Crippen LogP contribution is -2.25. The van der Waals surface area contributed by atoms with Crippen LogP contribution in [0.25, 0.3) is 0 Å². The van der Waals surface area contributed by atoms with Crippen LogP contribution >= 0.6 is 0 Å². The zero-order valence-electron chi connectivity index (χ0n) is 12.6. The predicted molar refractivity (Wildman–Crippen MR) is 84.4 cm³/mol. The van der Waals surface area contributed by atoms with E-state index in [1.165, 1.54) is 28.1 Å². The summed E-state index contributed by atoms with van der Waals surface area (Å²) in [5.41, 5.74) is 6.50. The number of anilines is 2. The second-order valence-electron chi connectivity index (χ2n) is 5.57. The van der Waals surface area contributed by atoms with Gasteiger partial charge in [0.25, 0.3) is 0 Å². The number of aryl methyl sites for hydroxylation is 3. The van der Waals surface area contributed by atoms with Crippen molar-refractivity contribution in [2.45, 2.75) is 40.7 Å². The molecule has 2 rings (SSSR count). The molecule has 2 aromatic carbocycles. The molecule has 19 heavy (non-hydrogen) atoms. The van der Waals surface area contributed by atoms with E-state index >= 15 is 0 Å². The van der Waals surface area contributed by atoms with Gasteiger partial charge < -0.3 is 4.90 Å². The van der Waals surface area contributed by atoms with E-state index in [0.29, 0.717) is 6.04 Å².